The molecule has 0 saturated carbocycles. The van der Waals surface area contributed by atoms with Crippen molar-refractivity contribution >= 4 is 63.7 Å². The molecular formula is C25H18Cl2INO4. The standard InChI is InChI=1S/C25H18Cl2INO4/c1-2-31-22-12-16(10-20(28)23(22)32-14-15-6-4-3-5-7-15)11-21-25(30)33-24(29-21)18-9-8-17(26)13-19(18)27/h3-13H,2,14H2,1H3/b21-11-. The number of carbonyl (C=O) groups excluding carboxylic acids is 1. The zero-order valence-electron chi connectivity index (χ0n) is 17.5. The second-order valence-corrected chi connectivity index (χ2v) is 9.00. The molecule has 0 bridgehead atoms. The Balaban J connectivity index is 1.63. The fraction of sp³-hybridized carbons (Fsp3) is 0.120. The summed E-state index contributed by atoms with van der Waals surface area (Å²) in [7, 11) is 0. The van der Waals surface area contributed by atoms with E-state index in [2.05, 4.69) is 27.6 Å². The van der Waals surface area contributed by atoms with Crippen LogP contribution in [0.2, 0.25) is 10.0 Å². The van der Waals surface area contributed by atoms with Crippen LogP contribution in [0.1, 0.15) is 23.6 Å². The van der Waals surface area contributed by atoms with E-state index in [1.165, 1.54) is 0 Å². The Kier molecular flexibility index (Phi) is 7.57. The van der Waals surface area contributed by atoms with Gasteiger partial charge in [0.1, 0.15) is 6.61 Å². The van der Waals surface area contributed by atoms with Crippen molar-refractivity contribution in [1.82, 2.24) is 0 Å². The molecule has 8 heteroatoms. The molecule has 4 rings (SSSR count). The molecule has 3 aromatic carbocycles. The predicted molar refractivity (Wildman–Crippen MR) is 138 cm³/mol. The van der Waals surface area contributed by atoms with E-state index in [0.29, 0.717) is 40.3 Å². The monoisotopic (exact) mass is 593 g/mol. The van der Waals surface area contributed by atoms with E-state index in [-0.39, 0.29) is 11.6 Å². The zero-order chi connectivity index (χ0) is 23.4. The summed E-state index contributed by atoms with van der Waals surface area (Å²) in [4.78, 5) is 16.8. The summed E-state index contributed by atoms with van der Waals surface area (Å²) in [6.07, 6.45) is 1.64. The molecule has 1 aliphatic heterocycles. The number of benzene rings is 3. The number of hydrogen-bond acceptors (Lipinski definition) is 5. The van der Waals surface area contributed by atoms with E-state index in [9.17, 15) is 4.79 Å². The van der Waals surface area contributed by atoms with Gasteiger partial charge in [-0.15, -0.1) is 0 Å². The topological polar surface area (TPSA) is 57.1 Å². The average molecular weight is 594 g/mol. The van der Waals surface area contributed by atoms with Crippen LogP contribution in [0.15, 0.2) is 71.4 Å². The number of ether oxygens (including phenoxy) is 3. The molecule has 33 heavy (non-hydrogen) atoms. The van der Waals surface area contributed by atoms with Crippen molar-refractivity contribution in [2.75, 3.05) is 6.61 Å². The first-order valence-electron chi connectivity index (χ1n) is 10.1. The Morgan fingerprint density at radius 3 is 2.58 bits per heavy atom. The Hall–Kier alpha value is -2.55. The molecule has 3 aromatic rings. The largest absolute Gasteiger partial charge is 0.490 e. The Morgan fingerprint density at radius 2 is 1.85 bits per heavy atom. The second-order valence-electron chi connectivity index (χ2n) is 7.00. The van der Waals surface area contributed by atoms with E-state index in [1.54, 1.807) is 24.3 Å². The number of halogens is 3. The number of esters is 1. The summed E-state index contributed by atoms with van der Waals surface area (Å²) in [5.41, 5.74) is 2.44. The highest BCUT2D eigenvalue weighted by Gasteiger charge is 2.26. The fourth-order valence-corrected chi connectivity index (χ4v) is 4.42. The smallest absolute Gasteiger partial charge is 0.363 e. The maximum absolute atomic E-state index is 12.4. The van der Waals surface area contributed by atoms with Gasteiger partial charge < -0.3 is 14.2 Å². The van der Waals surface area contributed by atoms with Gasteiger partial charge >= 0.3 is 5.97 Å². The number of carbonyl (C=O) groups is 1. The van der Waals surface area contributed by atoms with Crippen LogP contribution >= 0.6 is 45.8 Å². The van der Waals surface area contributed by atoms with Gasteiger partial charge in [-0.2, -0.15) is 0 Å². The maximum Gasteiger partial charge on any atom is 0.363 e. The van der Waals surface area contributed by atoms with Crippen LogP contribution in [0.3, 0.4) is 0 Å². The highest BCUT2D eigenvalue weighted by molar-refractivity contribution is 14.1. The Morgan fingerprint density at radius 1 is 1.06 bits per heavy atom. The number of nitrogens with zero attached hydrogens (tertiary/aromatic N) is 1. The van der Waals surface area contributed by atoms with Crippen molar-refractivity contribution < 1.29 is 19.0 Å². The van der Waals surface area contributed by atoms with Gasteiger partial charge in [-0.3, -0.25) is 0 Å². The van der Waals surface area contributed by atoms with Gasteiger partial charge in [0.2, 0.25) is 5.90 Å². The van der Waals surface area contributed by atoms with Crippen LogP contribution in [0.25, 0.3) is 6.08 Å². The minimum atomic E-state index is -0.562. The molecule has 0 unspecified atom stereocenters. The summed E-state index contributed by atoms with van der Waals surface area (Å²) in [6, 6.07) is 18.5. The zero-order valence-corrected chi connectivity index (χ0v) is 21.1. The number of rotatable bonds is 7. The van der Waals surface area contributed by atoms with Crippen molar-refractivity contribution in [3.05, 3.63) is 96.7 Å². The van der Waals surface area contributed by atoms with Gasteiger partial charge in [0, 0.05) is 5.02 Å². The van der Waals surface area contributed by atoms with Crippen molar-refractivity contribution in [3.8, 4) is 11.5 Å². The minimum Gasteiger partial charge on any atom is -0.490 e. The first-order valence-corrected chi connectivity index (χ1v) is 11.9. The third-order valence-corrected chi connectivity index (χ3v) is 5.99. The summed E-state index contributed by atoms with van der Waals surface area (Å²) in [5.74, 6) is 0.807. The number of hydrogen-bond donors (Lipinski definition) is 0. The van der Waals surface area contributed by atoms with Gasteiger partial charge in [-0.25, -0.2) is 9.79 Å². The SMILES string of the molecule is CCOc1cc(/C=C2\N=C(c3ccc(Cl)cc3Cl)OC2=O)cc(I)c1OCc1ccccc1. The van der Waals surface area contributed by atoms with Gasteiger partial charge in [0.15, 0.2) is 17.2 Å². The number of cyclic esters (lactones) is 1. The van der Waals surface area contributed by atoms with Crippen LogP contribution in [0.4, 0.5) is 0 Å². The van der Waals surface area contributed by atoms with Crippen molar-refractivity contribution in [1.29, 1.82) is 0 Å². The molecule has 1 aliphatic rings. The normalized spacial score (nSPS) is 14.2. The van der Waals surface area contributed by atoms with E-state index >= 15 is 0 Å². The lowest BCUT2D eigenvalue weighted by atomic mass is 10.1. The van der Waals surface area contributed by atoms with Gasteiger partial charge in [-0.05, 0) is 77.0 Å². The molecule has 0 saturated heterocycles. The van der Waals surface area contributed by atoms with E-state index < -0.39 is 5.97 Å². The molecular weight excluding hydrogens is 576 g/mol. The van der Waals surface area contributed by atoms with Crippen molar-refractivity contribution in [3.63, 3.8) is 0 Å². The van der Waals surface area contributed by atoms with Crippen molar-refractivity contribution in [2.24, 2.45) is 4.99 Å². The summed E-state index contributed by atoms with van der Waals surface area (Å²) in [5, 5.41) is 0.834. The van der Waals surface area contributed by atoms with Gasteiger partial charge in [0.05, 0.1) is 20.8 Å². The molecule has 0 amide bonds. The van der Waals surface area contributed by atoms with Crippen LogP contribution in [0.5, 0.6) is 11.5 Å². The second kappa shape index (κ2) is 10.6. The van der Waals surface area contributed by atoms with Crippen LogP contribution in [-0.2, 0) is 16.1 Å². The molecule has 5 nitrogen and oxygen atoms in total. The minimum absolute atomic E-state index is 0.135. The third-order valence-electron chi connectivity index (χ3n) is 4.64. The van der Waals surface area contributed by atoms with Gasteiger partial charge in [0.25, 0.3) is 0 Å². The van der Waals surface area contributed by atoms with Crippen LogP contribution < -0.4 is 9.47 Å². The molecule has 168 valence electrons. The van der Waals surface area contributed by atoms with Crippen molar-refractivity contribution in [2.45, 2.75) is 13.5 Å². The van der Waals surface area contributed by atoms with E-state index in [1.807, 2.05) is 49.4 Å². The molecule has 0 aromatic heterocycles. The van der Waals surface area contributed by atoms with Gasteiger partial charge in [-0.1, -0.05) is 53.5 Å². The number of aliphatic imine (C=N–C) groups is 1. The molecule has 1 heterocycles. The van der Waals surface area contributed by atoms with E-state index in [0.717, 1.165) is 14.7 Å². The van der Waals surface area contributed by atoms with E-state index in [4.69, 9.17) is 37.4 Å². The summed E-state index contributed by atoms with van der Waals surface area (Å²) < 4.78 is 18.0. The molecule has 0 N–H and O–H groups in total. The average Bonchev–Trinajstić information content (AvgIpc) is 3.14. The first kappa shape index (κ1) is 23.6. The first-order chi connectivity index (χ1) is 15.9. The summed E-state index contributed by atoms with van der Waals surface area (Å²) >= 11 is 14.4. The third kappa shape index (κ3) is 5.69. The highest BCUT2D eigenvalue weighted by Crippen LogP contribution is 2.36. The lowest BCUT2D eigenvalue weighted by Gasteiger charge is -2.15. The Bertz CT molecular complexity index is 1260. The van der Waals surface area contributed by atoms with Crippen LogP contribution in [0, 0.1) is 3.57 Å². The lowest BCUT2D eigenvalue weighted by molar-refractivity contribution is -0.129. The Labute approximate surface area is 215 Å². The molecule has 0 aliphatic carbocycles. The molecule has 0 radical (unpaired) electrons. The fourth-order valence-electron chi connectivity index (χ4n) is 3.15. The molecule has 0 fully saturated rings. The van der Waals surface area contributed by atoms with Crippen LogP contribution in [-0.4, -0.2) is 18.5 Å². The molecule has 0 atom stereocenters. The lowest BCUT2D eigenvalue weighted by Crippen LogP contribution is -2.06. The summed E-state index contributed by atoms with van der Waals surface area (Å²) in [6.45, 7) is 2.79. The maximum atomic E-state index is 12.4. The quantitative estimate of drug-likeness (QED) is 0.169. The predicted octanol–water partition coefficient (Wildman–Crippen LogP) is 6.92. The molecule has 0 spiro atoms. The highest BCUT2D eigenvalue weighted by atomic mass is 127.